The summed E-state index contributed by atoms with van der Waals surface area (Å²) in [5.41, 5.74) is 1.40. The van der Waals surface area contributed by atoms with Crippen molar-refractivity contribution in [2.45, 2.75) is 63.6 Å². The topological polar surface area (TPSA) is 152 Å². The van der Waals surface area contributed by atoms with E-state index in [1.54, 1.807) is 0 Å². The summed E-state index contributed by atoms with van der Waals surface area (Å²) in [4.78, 5) is 31.9. The normalized spacial score (nSPS) is 24.1. The molecule has 0 spiro atoms. The number of unbranched alkanes of at least 4 members (excludes halogenated alkanes) is 4. The molecule has 0 bridgehead atoms. The highest BCUT2D eigenvalue weighted by Gasteiger charge is 2.43. The molecule has 158 valence electrons. The van der Waals surface area contributed by atoms with E-state index >= 15 is 0 Å². The molecule has 0 amide bonds. The Labute approximate surface area is 161 Å². The highest BCUT2D eigenvalue weighted by molar-refractivity contribution is 5.61. The van der Waals surface area contributed by atoms with Crippen molar-refractivity contribution in [2.24, 2.45) is 0 Å². The van der Waals surface area contributed by atoms with Crippen molar-refractivity contribution in [3.05, 3.63) is 22.7 Å². The average molecular weight is 401 g/mol. The Hall–Kier alpha value is -2.21. The largest absolute Gasteiger partial charge is 0.533 e. The van der Waals surface area contributed by atoms with Crippen molar-refractivity contribution in [1.29, 1.82) is 0 Å². The molecule has 1 fully saturated rings. The van der Waals surface area contributed by atoms with E-state index in [0.717, 1.165) is 36.7 Å². The van der Waals surface area contributed by atoms with E-state index in [2.05, 4.69) is 22.2 Å². The Morgan fingerprint density at radius 1 is 1.29 bits per heavy atom. The van der Waals surface area contributed by atoms with Crippen LogP contribution >= 0.6 is 0 Å². The van der Waals surface area contributed by atoms with E-state index in [9.17, 15) is 19.8 Å². The standard InChI is InChI=1S/C17H27N3O8/c1-2-3-4-5-6-9-26-17(25)28-19-12-7-8-20(16(24)18-12)15-14(23)13(22)11(10-21)27-15/h7-8,11,13-15,21-23H,2-6,9-10H2,1H3,(H,18,19,24)/t11-,13-,14-,15-/m1/s1. The molecule has 4 atom stereocenters. The zero-order valence-electron chi connectivity index (χ0n) is 15.7. The van der Waals surface area contributed by atoms with Crippen molar-refractivity contribution in [2.75, 3.05) is 18.7 Å². The molecule has 28 heavy (non-hydrogen) atoms. The summed E-state index contributed by atoms with van der Waals surface area (Å²) in [7, 11) is 0. The number of hydrogen-bond acceptors (Lipinski definition) is 10. The summed E-state index contributed by atoms with van der Waals surface area (Å²) < 4.78 is 11.1. The van der Waals surface area contributed by atoms with Gasteiger partial charge in [-0.3, -0.25) is 4.57 Å². The van der Waals surface area contributed by atoms with E-state index in [1.165, 1.54) is 12.3 Å². The van der Waals surface area contributed by atoms with Crippen molar-refractivity contribution in [1.82, 2.24) is 9.55 Å². The Kier molecular flexibility index (Phi) is 8.64. The Bertz CT molecular complexity index is 683. The maximum atomic E-state index is 12.1. The Morgan fingerprint density at radius 2 is 2.04 bits per heavy atom. The van der Waals surface area contributed by atoms with Gasteiger partial charge in [-0.15, -0.1) is 0 Å². The van der Waals surface area contributed by atoms with Crippen molar-refractivity contribution in [3.63, 3.8) is 0 Å². The summed E-state index contributed by atoms with van der Waals surface area (Å²) in [5, 5.41) is 28.8. The van der Waals surface area contributed by atoms with Crippen LogP contribution in [-0.4, -0.2) is 62.6 Å². The molecule has 2 rings (SSSR count). The zero-order chi connectivity index (χ0) is 20.5. The predicted molar refractivity (Wildman–Crippen MR) is 96.3 cm³/mol. The first-order chi connectivity index (χ1) is 13.5. The van der Waals surface area contributed by atoms with Crippen molar-refractivity contribution < 1.29 is 34.4 Å². The number of carbonyl (C=O) groups excluding carboxylic acids is 1. The second-order valence-corrected chi connectivity index (χ2v) is 6.45. The molecule has 0 aromatic carbocycles. The minimum atomic E-state index is -1.40. The van der Waals surface area contributed by atoms with Gasteiger partial charge in [0.2, 0.25) is 0 Å². The van der Waals surface area contributed by atoms with Crippen LogP contribution in [0, 0.1) is 0 Å². The van der Waals surface area contributed by atoms with Crippen LogP contribution in [0.4, 0.5) is 10.6 Å². The lowest BCUT2D eigenvalue weighted by molar-refractivity contribution is -0.0549. The summed E-state index contributed by atoms with van der Waals surface area (Å²) in [6.45, 7) is 1.85. The van der Waals surface area contributed by atoms with Gasteiger partial charge in [0.1, 0.15) is 18.3 Å². The van der Waals surface area contributed by atoms with E-state index in [0.29, 0.717) is 0 Å². The van der Waals surface area contributed by atoms with Gasteiger partial charge in [0.25, 0.3) is 0 Å². The summed E-state index contributed by atoms with van der Waals surface area (Å²) in [5.74, 6) is -0.0483. The molecule has 1 aromatic rings. The highest BCUT2D eigenvalue weighted by Crippen LogP contribution is 2.28. The maximum absolute atomic E-state index is 12.1. The Morgan fingerprint density at radius 3 is 2.68 bits per heavy atom. The van der Waals surface area contributed by atoms with Gasteiger partial charge in [0.05, 0.1) is 13.2 Å². The SMILES string of the molecule is CCCCCCCOC(=O)ONc1ccn([C@@H]2O[C@H](CO)[C@@H](O)[C@H]2O)c(=O)n1. The number of aliphatic hydroxyl groups is 3. The number of carbonyl (C=O) groups is 1. The van der Waals surface area contributed by atoms with Gasteiger partial charge < -0.3 is 29.6 Å². The molecule has 0 unspecified atom stereocenters. The summed E-state index contributed by atoms with van der Waals surface area (Å²) >= 11 is 0. The van der Waals surface area contributed by atoms with Gasteiger partial charge in [0, 0.05) is 12.3 Å². The maximum Gasteiger partial charge on any atom is 0.533 e. The summed E-state index contributed by atoms with van der Waals surface area (Å²) in [6, 6.07) is 1.31. The number of nitrogens with one attached hydrogen (secondary N) is 1. The molecule has 2 heterocycles. The van der Waals surface area contributed by atoms with Crippen molar-refractivity contribution >= 4 is 12.0 Å². The second kappa shape index (κ2) is 11.0. The molecule has 1 aromatic heterocycles. The number of hydrogen-bond donors (Lipinski definition) is 4. The van der Waals surface area contributed by atoms with E-state index in [1.807, 2.05) is 0 Å². The van der Waals surface area contributed by atoms with Crippen LogP contribution < -0.4 is 11.2 Å². The first-order valence-corrected chi connectivity index (χ1v) is 9.29. The fraction of sp³-hybridized carbons (Fsp3) is 0.706. The summed E-state index contributed by atoms with van der Waals surface area (Å²) in [6.07, 6.45) is 0.443. The molecule has 1 saturated heterocycles. The molecule has 11 nitrogen and oxygen atoms in total. The van der Waals surface area contributed by atoms with Crippen LogP contribution in [0.25, 0.3) is 0 Å². The minimum absolute atomic E-state index is 0.0483. The van der Waals surface area contributed by atoms with E-state index in [4.69, 9.17) is 14.6 Å². The molecule has 1 aliphatic heterocycles. The molecule has 0 aliphatic carbocycles. The van der Waals surface area contributed by atoms with E-state index < -0.39 is 43.0 Å². The lowest BCUT2D eigenvalue weighted by Crippen LogP contribution is -2.36. The monoisotopic (exact) mass is 401 g/mol. The smallest absolute Gasteiger partial charge is 0.433 e. The van der Waals surface area contributed by atoms with Gasteiger partial charge in [-0.05, 0) is 6.42 Å². The lowest BCUT2D eigenvalue weighted by Gasteiger charge is -2.17. The van der Waals surface area contributed by atoms with Crippen LogP contribution in [0.1, 0.15) is 45.3 Å². The third kappa shape index (κ3) is 5.89. The number of ether oxygens (including phenoxy) is 2. The highest BCUT2D eigenvalue weighted by atomic mass is 16.8. The van der Waals surface area contributed by atoms with Crippen LogP contribution in [-0.2, 0) is 14.3 Å². The molecule has 0 saturated carbocycles. The fourth-order valence-electron chi connectivity index (χ4n) is 2.76. The van der Waals surface area contributed by atoms with Crippen molar-refractivity contribution in [3.8, 4) is 0 Å². The fourth-order valence-corrected chi connectivity index (χ4v) is 2.76. The Balaban J connectivity index is 1.81. The third-order valence-electron chi connectivity index (χ3n) is 4.33. The second-order valence-electron chi connectivity index (χ2n) is 6.45. The van der Waals surface area contributed by atoms with Gasteiger partial charge in [0.15, 0.2) is 12.0 Å². The number of rotatable bonds is 10. The van der Waals surface area contributed by atoms with Crippen LogP contribution in [0.5, 0.6) is 0 Å². The molecular weight excluding hydrogens is 374 g/mol. The first-order valence-electron chi connectivity index (χ1n) is 9.29. The number of aliphatic hydroxyl groups excluding tert-OH is 3. The minimum Gasteiger partial charge on any atom is -0.433 e. The van der Waals surface area contributed by atoms with Crippen LogP contribution in [0.3, 0.4) is 0 Å². The van der Waals surface area contributed by atoms with Crippen LogP contribution in [0.2, 0.25) is 0 Å². The lowest BCUT2D eigenvalue weighted by atomic mass is 10.1. The molecule has 1 aliphatic rings. The molecule has 4 N–H and O–H groups in total. The molecule has 0 radical (unpaired) electrons. The van der Waals surface area contributed by atoms with Crippen LogP contribution in [0.15, 0.2) is 17.1 Å². The number of anilines is 1. The quantitative estimate of drug-likeness (QED) is 0.245. The average Bonchev–Trinajstić information content (AvgIpc) is 2.97. The third-order valence-corrected chi connectivity index (χ3v) is 4.33. The van der Waals surface area contributed by atoms with Gasteiger partial charge in [-0.25, -0.2) is 9.59 Å². The van der Waals surface area contributed by atoms with E-state index in [-0.39, 0.29) is 12.4 Å². The molecule has 11 heteroatoms. The van der Waals surface area contributed by atoms with Gasteiger partial charge >= 0.3 is 11.8 Å². The van der Waals surface area contributed by atoms with Gasteiger partial charge in [-0.2, -0.15) is 10.5 Å². The number of nitrogens with zero attached hydrogens (tertiary/aromatic N) is 2. The van der Waals surface area contributed by atoms with Gasteiger partial charge in [-0.1, -0.05) is 32.6 Å². The molecular formula is C17H27N3O8. The number of aromatic nitrogens is 2. The first kappa shape index (κ1) is 22.1. The zero-order valence-corrected chi connectivity index (χ0v) is 15.7. The predicted octanol–water partition coefficient (Wildman–Crippen LogP) is 0.305.